The molecule has 7 nitrogen and oxygen atoms in total. The van der Waals surface area contributed by atoms with Crippen LogP contribution in [-0.4, -0.2) is 29.0 Å². The summed E-state index contributed by atoms with van der Waals surface area (Å²) in [6.07, 6.45) is 1.36. The Labute approximate surface area is 176 Å². The second-order valence-electron chi connectivity index (χ2n) is 6.99. The molecule has 0 aliphatic rings. The Kier molecular flexibility index (Phi) is 7.72. The van der Waals surface area contributed by atoms with E-state index in [1.807, 2.05) is 0 Å². The number of hydrogen-bond donors (Lipinski definition) is 3. The van der Waals surface area contributed by atoms with Crippen LogP contribution in [0.3, 0.4) is 0 Å². The van der Waals surface area contributed by atoms with Crippen LogP contribution in [0.15, 0.2) is 53.0 Å². The van der Waals surface area contributed by atoms with E-state index in [4.69, 9.17) is 0 Å². The molecule has 0 saturated carbocycles. The lowest BCUT2D eigenvalue weighted by atomic mass is 9.95. The molecule has 0 unspecified atom stereocenters. The number of imide groups is 1. The van der Waals surface area contributed by atoms with E-state index in [2.05, 4.69) is 32.0 Å². The molecule has 0 bridgehead atoms. The minimum Gasteiger partial charge on any atom is -0.331 e. The highest BCUT2D eigenvalue weighted by Crippen LogP contribution is 2.15. The van der Waals surface area contributed by atoms with Gasteiger partial charge in [-0.25, -0.2) is 19.4 Å². The Bertz CT molecular complexity index is 857. The predicted octanol–water partition coefficient (Wildman–Crippen LogP) is 4.20. The van der Waals surface area contributed by atoms with Gasteiger partial charge in [-0.05, 0) is 68.7 Å². The molecule has 29 heavy (non-hydrogen) atoms. The van der Waals surface area contributed by atoms with Crippen molar-refractivity contribution >= 4 is 40.1 Å². The molecule has 0 saturated heterocycles. The van der Waals surface area contributed by atoms with Gasteiger partial charge in [-0.2, -0.15) is 5.01 Å². The zero-order valence-corrected chi connectivity index (χ0v) is 17.6. The van der Waals surface area contributed by atoms with Gasteiger partial charge in [0.05, 0.1) is 0 Å². The number of carbonyl (C=O) groups is 3. The van der Waals surface area contributed by atoms with Crippen LogP contribution >= 0.6 is 15.9 Å². The number of nitrogens with zero attached hydrogens (tertiary/aromatic N) is 1. The fourth-order valence-corrected chi connectivity index (χ4v) is 2.71. The first-order valence-electron chi connectivity index (χ1n) is 8.83. The molecule has 0 atom stereocenters. The maximum atomic E-state index is 13.0. The second kappa shape index (κ2) is 10.0. The van der Waals surface area contributed by atoms with Gasteiger partial charge >= 0.3 is 12.1 Å². The molecule has 3 N–H and O–H groups in total. The monoisotopic (exact) mass is 464 g/mol. The molecule has 5 amide bonds. The lowest BCUT2D eigenvalue weighted by Crippen LogP contribution is -2.56. The van der Waals surface area contributed by atoms with Gasteiger partial charge in [0.15, 0.2) is 0 Å². The quantitative estimate of drug-likeness (QED) is 0.441. The fourth-order valence-electron chi connectivity index (χ4n) is 2.45. The summed E-state index contributed by atoms with van der Waals surface area (Å²) in [7, 11) is 0. The third kappa shape index (κ3) is 7.53. The predicted molar refractivity (Wildman–Crippen MR) is 112 cm³/mol. The van der Waals surface area contributed by atoms with E-state index in [9.17, 15) is 18.8 Å². The summed E-state index contributed by atoms with van der Waals surface area (Å²) in [5.41, 5.74) is 2.93. The highest BCUT2D eigenvalue weighted by atomic mass is 79.9. The van der Waals surface area contributed by atoms with Crippen LogP contribution in [0.25, 0.3) is 0 Å². The molecule has 2 rings (SSSR count). The molecule has 0 spiro atoms. The van der Waals surface area contributed by atoms with E-state index in [1.165, 1.54) is 12.1 Å². The van der Waals surface area contributed by atoms with Gasteiger partial charge in [0.1, 0.15) is 5.82 Å². The topological polar surface area (TPSA) is 90.5 Å². The number of halogens is 2. The Morgan fingerprint density at radius 3 is 2.31 bits per heavy atom. The van der Waals surface area contributed by atoms with Gasteiger partial charge in [0.25, 0.3) is 0 Å². The molecule has 0 radical (unpaired) electrons. The SMILES string of the molecule is CC(C)(CCc1ccc(F)cc1)NC(=O)N(C=O)NC(=O)Nc1ccc(Br)cc1. The third-order valence-corrected chi connectivity index (χ3v) is 4.57. The number of benzene rings is 2. The van der Waals surface area contributed by atoms with E-state index in [1.54, 1.807) is 50.2 Å². The maximum absolute atomic E-state index is 13.0. The first kappa shape index (κ1) is 22.4. The largest absolute Gasteiger partial charge is 0.343 e. The number of nitrogens with one attached hydrogen (secondary N) is 3. The fraction of sp³-hybridized carbons (Fsp3) is 0.250. The summed E-state index contributed by atoms with van der Waals surface area (Å²) in [4.78, 5) is 35.7. The van der Waals surface area contributed by atoms with Gasteiger partial charge in [-0.15, -0.1) is 0 Å². The number of rotatable bonds is 6. The van der Waals surface area contributed by atoms with Gasteiger partial charge in [-0.1, -0.05) is 28.1 Å². The molecule has 0 aromatic heterocycles. The second-order valence-corrected chi connectivity index (χ2v) is 7.90. The molecule has 0 aliphatic carbocycles. The van der Waals surface area contributed by atoms with Crippen molar-refractivity contribution in [2.75, 3.05) is 5.32 Å². The molecule has 0 aliphatic heterocycles. The average molecular weight is 465 g/mol. The first-order chi connectivity index (χ1) is 13.7. The summed E-state index contributed by atoms with van der Waals surface area (Å²) in [6, 6.07) is 11.4. The van der Waals surface area contributed by atoms with Gasteiger partial charge in [0.2, 0.25) is 6.41 Å². The number of anilines is 1. The number of aryl methyl sites for hydroxylation is 1. The molecule has 2 aromatic carbocycles. The normalized spacial score (nSPS) is 10.8. The van der Waals surface area contributed by atoms with E-state index in [0.29, 0.717) is 23.5 Å². The van der Waals surface area contributed by atoms with Crippen molar-refractivity contribution in [1.82, 2.24) is 15.8 Å². The molecule has 2 aromatic rings. The number of urea groups is 2. The highest BCUT2D eigenvalue weighted by Gasteiger charge is 2.24. The minimum atomic E-state index is -0.768. The highest BCUT2D eigenvalue weighted by molar-refractivity contribution is 9.10. The average Bonchev–Trinajstić information content (AvgIpc) is 2.67. The summed E-state index contributed by atoms with van der Waals surface area (Å²) in [5, 5.41) is 5.75. The summed E-state index contributed by atoms with van der Waals surface area (Å²) < 4.78 is 13.8. The van der Waals surface area contributed by atoms with Crippen molar-refractivity contribution < 1.29 is 18.8 Å². The van der Waals surface area contributed by atoms with Gasteiger partial charge < -0.3 is 10.6 Å². The molecule has 9 heteroatoms. The molecule has 0 fully saturated rings. The van der Waals surface area contributed by atoms with E-state index >= 15 is 0 Å². The van der Waals surface area contributed by atoms with Crippen LogP contribution in [0.2, 0.25) is 0 Å². The molecule has 154 valence electrons. The van der Waals surface area contributed by atoms with Crippen molar-refractivity contribution in [3.8, 4) is 0 Å². The Morgan fingerprint density at radius 1 is 1.10 bits per heavy atom. The third-order valence-electron chi connectivity index (χ3n) is 4.05. The Hall–Kier alpha value is -2.94. The van der Waals surface area contributed by atoms with Crippen molar-refractivity contribution in [2.24, 2.45) is 0 Å². The maximum Gasteiger partial charge on any atom is 0.343 e. The summed E-state index contributed by atoms with van der Waals surface area (Å²) >= 11 is 3.29. The Morgan fingerprint density at radius 2 is 1.72 bits per heavy atom. The van der Waals surface area contributed by atoms with E-state index in [-0.39, 0.29) is 12.2 Å². The standard InChI is InChI=1S/C20H22BrFN4O3/c1-20(2,12-11-14-3-7-16(22)8-4-14)24-19(29)26(13-27)25-18(28)23-17-9-5-15(21)6-10-17/h3-10,13H,11-12H2,1-2H3,(H,24,29)(H2,23,25,28). The van der Waals surface area contributed by atoms with Crippen molar-refractivity contribution in [2.45, 2.75) is 32.2 Å². The molecule has 0 heterocycles. The van der Waals surface area contributed by atoms with Crippen LogP contribution in [0.4, 0.5) is 19.7 Å². The van der Waals surface area contributed by atoms with Crippen LogP contribution in [0.1, 0.15) is 25.8 Å². The lowest BCUT2D eigenvalue weighted by molar-refractivity contribution is -0.117. The van der Waals surface area contributed by atoms with Crippen molar-refractivity contribution in [1.29, 1.82) is 0 Å². The smallest absolute Gasteiger partial charge is 0.331 e. The van der Waals surface area contributed by atoms with Crippen LogP contribution in [0, 0.1) is 5.82 Å². The van der Waals surface area contributed by atoms with E-state index < -0.39 is 17.6 Å². The van der Waals surface area contributed by atoms with Crippen LogP contribution in [-0.2, 0) is 11.2 Å². The number of carbonyl (C=O) groups excluding carboxylic acids is 3. The number of hydrazine groups is 1. The van der Waals surface area contributed by atoms with Gasteiger partial charge in [0, 0.05) is 15.7 Å². The lowest BCUT2D eigenvalue weighted by Gasteiger charge is -2.28. The molecular weight excluding hydrogens is 443 g/mol. The summed E-state index contributed by atoms with van der Waals surface area (Å²) in [6.45, 7) is 3.58. The summed E-state index contributed by atoms with van der Waals surface area (Å²) in [5.74, 6) is -0.310. The Balaban J connectivity index is 1.88. The number of amides is 5. The van der Waals surface area contributed by atoms with Crippen molar-refractivity contribution in [3.63, 3.8) is 0 Å². The van der Waals surface area contributed by atoms with Crippen LogP contribution < -0.4 is 16.1 Å². The van der Waals surface area contributed by atoms with Crippen molar-refractivity contribution in [3.05, 3.63) is 64.4 Å². The van der Waals surface area contributed by atoms with Crippen LogP contribution in [0.5, 0.6) is 0 Å². The zero-order valence-electron chi connectivity index (χ0n) is 16.0. The number of hydrogen-bond acceptors (Lipinski definition) is 3. The van der Waals surface area contributed by atoms with E-state index in [0.717, 1.165) is 10.0 Å². The molecular formula is C20H22BrFN4O3. The van der Waals surface area contributed by atoms with Gasteiger partial charge in [-0.3, -0.25) is 4.79 Å². The zero-order chi connectivity index (χ0) is 21.4. The minimum absolute atomic E-state index is 0.215. The first-order valence-corrected chi connectivity index (χ1v) is 9.62.